The maximum absolute atomic E-state index is 12.5. The summed E-state index contributed by atoms with van der Waals surface area (Å²) in [6.45, 7) is 4.26. The number of imidazole rings is 1. The average molecular weight is 531 g/mol. The van der Waals surface area contributed by atoms with Gasteiger partial charge in [-0.05, 0) is 19.3 Å². The predicted octanol–water partition coefficient (Wildman–Crippen LogP) is -2.72. The Balaban J connectivity index is 1.65. The van der Waals surface area contributed by atoms with Crippen LogP contribution in [0.4, 0.5) is 5.82 Å². The summed E-state index contributed by atoms with van der Waals surface area (Å²) >= 11 is 0. The molecule has 17 heteroatoms. The van der Waals surface area contributed by atoms with Gasteiger partial charge in [-0.2, -0.15) is 8.42 Å². The van der Waals surface area contributed by atoms with E-state index in [-0.39, 0.29) is 29.3 Å². The monoisotopic (exact) mass is 530 g/mol. The molecule has 1 aliphatic heterocycles. The molecule has 1 fully saturated rings. The van der Waals surface area contributed by atoms with E-state index in [1.165, 1.54) is 24.1 Å². The number of nitrogens with zero attached hydrogens (tertiary/aromatic N) is 4. The summed E-state index contributed by atoms with van der Waals surface area (Å²) in [5, 5.41) is 23.2. The Morgan fingerprint density at radius 3 is 2.53 bits per heavy atom. The number of nitrogens with two attached hydrogens (primary N) is 2. The number of anilines is 1. The molecule has 200 valence electrons. The van der Waals surface area contributed by atoms with Crippen molar-refractivity contribution in [3.05, 3.63) is 12.7 Å². The van der Waals surface area contributed by atoms with Gasteiger partial charge in [0, 0.05) is 0 Å². The van der Waals surface area contributed by atoms with E-state index in [1.807, 2.05) is 0 Å². The number of ether oxygens (including phenoxy) is 1. The van der Waals surface area contributed by atoms with E-state index in [1.54, 1.807) is 18.6 Å². The quantitative estimate of drug-likeness (QED) is 0.183. The van der Waals surface area contributed by atoms with E-state index in [4.69, 9.17) is 20.4 Å². The highest BCUT2D eigenvalue weighted by atomic mass is 32.2. The number of rotatable bonds is 10. The highest BCUT2D eigenvalue weighted by molar-refractivity contribution is 7.85. The highest BCUT2D eigenvalue weighted by Gasteiger charge is 2.45. The lowest BCUT2D eigenvalue weighted by atomic mass is 10.0. The smallest absolute Gasteiger partial charge is 0.362 e. The fourth-order valence-corrected chi connectivity index (χ4v) is 4.30. The van der Waals surface area contributed by atoms with Crippen LogP contribution in [0.3, 0.4) is 0 Å². The van der Waals surface area contributed by atoms with E-state index in [0.29, 0.717) is 0 Å². The van der Waals surface area contributed by atoms with Crippen LogP contribution < -0.4 is 21.5 Å². The van der Waals surface area contributed by atoms with Gasteiger partial charge in [0.1, 0.15) is 36.2 Å². The molecular weight excluding hydrogens is 500 g/mol. The molecule has 8 N–H and O–H groups in total. The lowest BCUT2D eigenvalue weighted by Gasteiger charge is -2.21. The third-order valence-electron chi connectivity index (χ3n) is 5.37. The molecule has 3 rings (SSSR count). The van der Waals surface area contributed by atoms with Gasteiger partial charge < -0.3 is 31.7 Å². The summed E-state index contributed by atoms with van der Waals surface area (Å²) in [4.78, 5) is 36.4. The lowest BCUT2D eigenvalue weighted by molar-refractivity contribution is -0.129. The molecule has 1 aliphatic rings. The van der Waals surface area contributed by atoms with Crippen LogP contribution >= 0.6 is 0 Å². The topological polar surface area (TPSA) is 247 Å². The molecule has 2 aromatic rings. The van der Waals surface area contributed by atoms with Crippen molar-refractivity contribution in [1.29, 1.82) is 0 Å². The van der Waals surface area contributed by atoms with E-state index in [9.17, 15) is 28.2 Å². The van der Waals surface area contributed by atoms with Gasteiger partial charge in [-0.1, -0.05) is 13.8 Å². The van der Waals surface area contributed by atoms with Crippen molar-refractivity contribution in [2.24, 2.45) is 11.7 Å². The van der Waals surface area contributed by atoms with Gasteiger partial charge in [-0.25, -0.2) is 19.7 Å². The minimum Gasteiger partial charge on any atom is -0.387 e. The number of amides is 2. The maximum Gasteiger partial charge on any atom is 0.362 e. The number of hydrogen-bond donors (Lipinski definition) is 6. The third kappa shape index (κ3) is 6.23. The molecule has 36 heavy (non-hydrogen) atoms. The first-order valence-corrected chi connectivity index (χ1v) is 12.4. The van der Waals surface area contributed by atoms with Gasteiger partial charge in [-0.15, -0.1) is 0 Å². The number of carbonyl (C=O) groups is 2. The molecule has 2 amide bonds. The number of fused-ring (bicyclic) bond motifs is 1. The number of nitrogen functional groups attached to an aromatic ring is 1. The van der Waals surface area contributed by atoms with Gasteiger partial charge in [0.05, 0.1) is 19.0 Å². The minimum atomic E-state index is -4.67. The molecule has 0 saturated carbocycles. The zero-order valence-electron chi connectivity index (χ0n) is 19.8. The first-order chi connectivity index (χ1) is 16.8. The number of nitrogens with one attached hydrogen (secondary N) is 2. The Bertz CT molecular complexity index is 1200. The van der Waals surface area contributed by atoms with Crippen molar-refractivity contribution in [2.75, 3.05) is 12.3 Å². The molecule has 0 bridgehead atoms. The molecule has 2 aromatic heterocycles. The Kier molecular flexibility index (Phi) is 8.42. The number of aromatic nitrogens is 4. The van der Waals surface area contributed by atoms with Crippen molar-refractivity contribution in [1.82, 2.24) is 29.6 Å². The van der Waals surface area contributed by atoms with Crippen LogP contribution in [0.1, 0.15) is 33.4 Å². The van der Waals surface area contributed by atoms with Crippen LogP contribution in [-0.2, 0) is 28.8 Å². The molecule has 3 heterocycles. The molecular formula is C19H30N8O8S. The van der Waals surface area contributed by atoms with Gasteiger partial charge in [0.25, 0.3) is 5.91 Å². The van der Waals surface area contributed by atoms with Crippen LogP contribution in [0.2, 0.25) is 0 Å². The number of carbonyl (C=O) groups excluding carboxylic acids is 2. The fourth-order valence-electron chi connectivity index (χ4n) is 3.54. The third-order valence-corrected chi connectivity index (χ3v) is 6.26. The molecule has 0 unspecified atom stereocenters. The summed E-state index contributed by atoms with van der Waals surface area (Å²) in [5.74, 6) is -1.61. The predicted molar refractivity (Wildman–Crippen MR) is 124 cm³/mol. The summed E-state index contributed by atoms with van der Waals surface area (Å²) in [6.07, 6.45) is -2.91. The van der Waals surface area contributed by atoms with Crippen LogP contribution in [-0.4, -0.2) is 87.0 Å². The van der Waals surface area contributed by atoms with Gasteiger partial charge in [0.15, 0.2) is 17.7 Å². The molecule has 1 saturated heterocycles. The molecule has 16 nitrogen and oxygen atoms in total. The van der Waals surface area contributed by atoms with E-state index in [0.717, 1.165) is 0 Å². The second-order valence-corrected chi connectivity index (χ2v) is 10.2. The van der Waals surface area contributed by atoms with Crippen molar-refractivity contribution in [3.8, 4) is 0 Å². The molecule has 0 aliphatic carbocycles. The molecule has 6 atom stereocenters. The van der Waals surface area contributed by atoms with E-state index >= 15 is 0 Å². The maximum atomic E-state index is 12.5. The Labute approximate surface area is 206 Å². The first-order valence-electron chi connectivity index (χ1n) is 11.0. The van der Waals surface area contributed by atoms with E-state index < -0.39 is 65.3 Å². The summed E-state index contributed by atoms with van der Waals surface area (Å²) in [7, 11) is -4.67. The van der Waals surface area contributed by atoms with Gasteiger partial charge >= 0.3 is 10.3 Å². The number of aliphatic hydroxyl groups is 2. The second-order valence-electron chi connectivity index (χ2n) is 8.81. The van der Waals surface area contributed by atoms with Crippen molar-refractivity contribution >= 4 is 39.1 Å². The summed E-state index contributed by atoms with van der Waals surface area (Å²) in [6, 6.07) is -2.08. The highest BCUT2D eigenvalue weighted by Crippen LogP contribution is 2.32. The number of aliphatic hydroxyl groups excluding tert-OH is 2. The van der Waals surface area contributed by atoms with Gasteiger partial charge in [0.2, 0.25) is 5.91 Å². The molecule has 0 aromatic carbocycles. The SMILES string of the molecule is CC(C)C[C@H](NC(=O)[C@H](C)N)C(=O)NS(=O)(=O)OC[C@H]1O[C@@H](n2cnc3c(N)ncnc32)[C@H](O)[C@@H]1O. The second kappa shape index (κ2) is 11.0. The number of hydrogen-bond acceptors (Lipinski definition) is 13. The van der Waals surface area contributed by atoms with E-state index in [2.05, 4.69) is 20.3 Å². The molecule has 0 radical (unpaired) electrons. The van der Waals surface area contributed by atoms with Crippen molar-refractivity contribution in [3.63, 3.8) is 0 Å². The summed E-state index contributed by atoms with van der Waals surface area (Å²) < 4.78 is 38.2. The van der Waals surface area contributed by atoms with Crippen molar-refractivity contribution < 1.29 is 37.1 Å². The minimum absolute atomic E-state index is 0.0573. The Hall–Kier alpha value is -2.96. The zero-order valence-corrected chi connectivity index (χ0v) is 20.6. The van der Waals surface area contributed by atoms with Crippen LogP contribution in [0.25, 0.3) is 11.2 Å². The van der Waals surface area contributed by atoms with Crippen molar-refractivity contribution in [2.45, 2.75) is 63.8 Å². The Morgan fingerprint density at radius 1 is 1.19 bits per heavy atom. The standard InChI is InChI=1S/C19H30N8O8S/c1-8(2)4-10(25-17(30)9(3)20)18(31)26-36(32,33)34-5-11-13(28)14(29)19(35-11)27-7-24-12-15(21)22-6-23-16(12)27/h6-11,13-14,19,28-29H,4-5,20H2,1-3H3,(H,25,30)(H,26,31)(H2,21,22,23)/t9-,10-,11+,13+,14+,19+/m0/s1. The zero-order chi connectivity index (χ0) is 26.8. The Morgan fingerprint density at radius 2 is 1.89 bits per heavy atom. The summed E-state index contributed by atoms with van der Waals surface area (Å²) in [5.41, 5.74) is 11.7. The lowest BCUT2D eigenvalue weighted by Crippen LogP contribution is -2.52. The van der Waals surface area contributed by atoms with Crippen LogP contribution in [0.15, 0.2) is 12.7 Å². The largest absolute Gasteiger partial charge is 0.387 e. The average Bonchev–Trinajstić information content (AvgIpc) is 3.33. The van der Waals surface area contributed by atoms with Crippen LogP contribution in [0, 0.1) is 5.92 Å². The molecule has 0 spiro atoms. The normalized spacial score (nSPS) is 24.1. The van der Waals surface area contributed by atoms with Crippen LogP contribution in [0.5, 0.6) is 0 Å². The fraction of sp³-hybridized carbons (Fsp3) is 0.632. The van der Waals surface area contributed by atoms with Gasteiger partial charge in [-0.3, -0.25) is 18.3 Å². The first kappa shape index (κ1) is 27.6.